The van der Waals surface area contributed by atoms with Crippen molar-refractivity contribution in [3.05, 3.63) is 36.5 Å². The van der Waals surface area contributed by atoms with Crippen LogP contribution in [-0.4, -0.2) is 11.5 Å². The number of anilines is 1. The van der Waals surface area contributed by atoms with E-state index < -0.39 is 0 Å². The van der Waals surface area contributed by atoms with E-state index in [1.54, 1.807) is 0 Å². The van der Waals surface area contributed by atoms with Crippen molar-refractivity contribution in [2.45, 2.75) is 38.5 Å². The lowest BCUT2D eigenvalue weighted by Gasteiger charge is -2.11. The van der Waals surface area contributed by atoms with E-state index in [1.165, 1.54) is 49.6 Å². The summed E-state index contributed by atoms with van der Waals surface area (Å²) in [6.45, 7) is 1.07. The summed E-state index contributed by atoms with van der Waals surface area (Å²) in [5.74, 6) is 0.996. The number of hydrogen-bond acceptors (Lipinski definition) is 2. The van der Waals surface area contributed by atoms with Gasteiger partial charge in [0.15, 0.2) is 0 Å². The largest absolute Gasteiger partial charge is 0.384 e. The van der Waals surface area contributed by atoms with Crippen molar-refractivity contribution < 1.29 is 0 Å². The Morgan fingerprint density at radius 2 is 1.95 bits per heavy atom. The molecule has 0 spiro atoms. The highest BCUT2D eigenvalue weighted by Crippen LogP contribution is 2.28. The standard InChI is InChI=1S/C17H22N2/c1-2-7-14(6-1)8-5-12-18-17-11-13-19-16-10-4-3-9-15(16)17/h3-4,9-11,13-14H,1-2,5-8,12H2,(H,18,19). The monoisotopic (exact) mass is 254 g/mol. The summed E-state index contributed by atoms with van der Waals surface area (Å²) in [6.07, 6.45) is 10.4. The van der Waals surface area contributed by atoms with E-state index >= 15 is 0 Å². The number of aromatic nitrogens is 1. The van der Waals surface area contributed by atoms with E-state index in [0.717, 1.165) is 18.0 Å². The first-order valence-electron chi connectivity index (χ1n) is 7.51. The molecule has 1 fully saturated rings. The van der Waals surface area contributed by atoms with E-state index in [2.05, 4.69) is 34.6 Å². The molecule has 2 nitrogen and oxygen atoms in total. The topological polar surface area (TPSA) is 24.9 Å². The normalized spacial score (nSPS) is 16.0. The molecule has 2 heteroatoms. The van der Waals surface area contributed by atoms with Crippen LogP contribution in [0.25, 0.3) is 10.9 Å². The summed E-state index contributed by atoms with van der Waals surface area (Å²) in [4.78, 5) is 4.39. The SMILES string of the molecule is c1ccc2c(NCCCC3CCCC3)ccnc2c1. The van der Waals surface area contributed by atoms with E-state index in [9.17, 15) is 0 Å². The molecule has 1 heterocycles. The van der Waals surface area contributed by atoms with Crippen molar-refractivity contribution in [3.8, 4) is 0 Å². The van der Waals surface area contributed by atoms with Gasteiger partial charge in [0.1, 0.15) is 0 Å². The van der Waals surface area contributed by atoms with Gasteiger partial charge in [0.2, 0.25) is 0 Å². The van der Waals surface area contributed by atoms with Crippen molar-refractivity contribution in [2.24, 2.45) is 5.92 Å². The number of hydrogen-bond donors (Lipinski definition) is 1. The van der Waals surface area contributed by atoms with Crippen LogP contribution < -0.4 is 5.32 Å². The summed E-state index contributed by atoms with van der Waals surface area (Å²) in [5, 5.41) is 4.80. The average molecular weight is 254 g/mol. The molecule has 0 atom stereocenters. The van der Waals surface area contributed by atoms with Gasteiger partial charge in [0, 0.05) is 23.8 Å². The number of rotatable bonds is 5. The Labute approximate surface area is 115 Å². The molecule has 3 rings (SSSR count). The zero-order chi connectivity index (χ0) is 12.9. The molecule has 0 unspecified atom stereocenters. The van der Waals surface area contributed by atoms with Gasteiger partial charge in [-0.05, 0) is 30.9 Å². The maximum atomic E-state index is 4.39. The van der Waals surface area contributed by atoms with Crippen LogP contribution in [-0.2, 0) is 0 Å². The van der Waals surface area contributed by atoms with Gasteiger partial charge in [0.05, 0.1) is 5.52 Å². The van der Waals surface area contributed by atoms with Crippen molar-refractivity contribution in [1.29, 1.82) is 0 Å². The van der Waals surface area contributed by atoms with E-state index in [-0.39, 0.29) is 0 Å². The van der Waals surface area contributed by atoms with Gasteiger partial charge in [0.25, 0.3) is 0 Å². The molecular weight excluding hydrogens is 232 g/mol. The first kappa shape index (κ1) is 12.5. The van der Waals surface area contributed by atoms with Gasteiger partial charge < -0.3 is 5.32 Å². The lowest BCUT2D eigenvalue weighted by molar-refractivity contribution is 0.491. The van der Waals surface area contributed by atoms with E-state index in [4.69, 9.17) is 0 Å². The Bertz CT molecular complexity index is 524. The van der Waals surface area contributed by atoms with Crippen LogP contribution in [0, 0.1) is 5.92 Å². The maximum Gasteiger partial charge on any atom is 0.0722 e. The lowest BCUT2D eigenvalue weighted by atomic mass is 10.0. The quantitative estimate of drug-likeness (QED) is 0.788. The molecule has 1 N–H and O–H groups in total. The molecule has 0 amide bonds. The molecule has 19 heavy (non-hydrogen) atoms. The summed E-state index contributed by atoms with van der Waals surface area (Å²) in [7, 11) is 0. The third kappa shape index (κ3) is 3.06. The summed E-state index contributed by atoms with van der Waals surface area (Å²) in [5.41, 5.74) is 2.29. The minimum Gasteiger partial charge on any atom is -0.384 e. The Morgan fingerprint density at radius 3 is 2.84 bits per heavy atom. The van der Waals surface area contributed by atoms with Crippen LogP contribution in [0.1, 0.15) is 38.5 Å². The molecular formula is C17H22N2. The predicted molar refractivity (Wildman–Crippen MR) is 81.4 cm³/mol. The van der Waals surface area contributed by atoms with Gasteiger partial charge in [-0.2, -0.15) is 0 Å². The molecule has 0 bridgehead atoms. The minimum atomic E-state index is 0.996. The third-order valence-corrected chi connectivity index (χ3v) is 4.23. The zero-order valence-electron chi connectivity index (χ0n) is 11.4. The van der Waals surface area contributed by atoms with Crippen LogP contribution >= 0.6 is 0 Å². The van der Waals surface area contributed by atoms with Gasteiger partial charge in [-0.25, -0.2) is 0 Å². The second-order valence-electron chi connectivity index (χ2n) is 5.60. The Morgan fingerprint density at radius 1 is 1.11 bits per heavy atom. The number of nitrogens with zero attached hydrogens (tertiary/aromatic N) is 1. The fraction of sp³-hybridized carbons (Fsp3) is 0.471. The van der Waals surface area contributed by atoms with Crippen LogP contribution in [0.3, 0.4) is 0 Å². The predicted octanol–water partition coefficient (Wildman–Crippen LogP) is 4.62. The van der Waals surface area contributed by atoms with Crippen molar-refractivity contribution in [1.82, 2.24) is 4.98 Å². The highest BCUT2D eigenvalue weighted by atomic mass is 14.9. The molecule has 1 saturated carbocycles. The lowest BCUT2D eigenvalue weighted by Crippen LogP contribution is -2.04. The molecule has 1 aromatic carbocycles. The summed E-state index contributed by atoms with van der Waals surface area (Å²) in [6, 6.07) is 10.4. The first-order valence-corrected chi connectivity index (χ1v) is 7.51. The molecule has 0 aliphatic heterocycles. The highest BCUT2D eigenvalue weighted by Gasteiger charge is 2.13. The van der Waals surface area contributed by atoms with Gasteiger partial charge >= 0.3 is 0 Å². The van der Waals surface area contributed by atoms with Crippen LogP contribution in [0.15, 0.2) is 36.5 Å². The highest BCUT2D eigenvalue weighted by molar-refractivity contribution is 5.90. The number of para-hydroxylation sites is 1. The van der Waals surface area contributed by atoms with Crippen LogP contribution in [0.4, 0.5) is 5.69 Å². The van der Waals surface area contributed by atoms with E-state index in [0.29, 0.717) is 0 Å². The second kappa shape index (κ2) is 6.05. The zero-order valence-corrected chi connectivity index (χ0v) is 11.4. The minimum absolute atomic E-state index is 0.996. The molecule has 1 aromatic heterocycles. The number of nitrogens with one attached hydrogen (secondary N) is 1. The van der Waals surface area contributed by atoms with Gasteiger partial charge in [-0.15, -0.1) is 0 Å². The fourth-order valence-corrected chi connectivity index (χ4v) is 3.16. The van der Waals surface area contributed by atoms with Gasteiger partial charge in [-0.3, -0.25) is 4.98 Å². The molecule has 1 aliphatic carbocycles. The molecule has 0 radical (unpaired) electrons. The molecule has 100 valence electrons. The van der Waals surface area contributed by atoms with Crippen LogP contribution in [0.5, 0.6) is 0 Å². The smallest absolute Gasteiger partial charge is 0.0722 e. The molecule has 0 saturated heterocycles. The number of fused-ring (bicyclic) bond motifs is 1. The Balaban J connectivity index is 1.56. The first-order chi connectivity index (χ1) is 9.43. The number of pyridine rings is 1. The second-order valence-corrected chi connectivity index (χ2v) is 5.60. The van der Waals surface area contributed by atoms with Crippen molar-refractivity contribution in [3.63, 3.8) is 0 Å². The molecule has 1 aliphatic rings. The summed E-state index contributed by atoms with van der Waals surface area (Å²) >= 11 is 0. The van der Waals surface area contributed by atoms with Crippen molar-refractivity contribution >= 4 is 16.6 Å². The van der Waals surface area contributed by atoms with Crippen molar-refractivity contribution in [2.75, 3.05) is 11.9 Å². The third-order valence-electron chi connectivity index (χ3n) is 4.23. The van der Waals surface area contributed by atoms with Gasteiger partial charge in [-0.1, -0.05) is 43.9 Å². The Kier molecular flexibility index (Phi) is 3.97. The van der Waals surface area contributed by atoms with Crippen LogP contribution in [0.2, 0.25) is 0 Å². The average Bonchev–Trinajstić information content (AvgIpc) is 2.97. The molecule has 2 aromatic rings. The number of benzene rings is 1. The van der Waals surface area contributed by atoms with E-state index in [1.807, 2.05) is 12.3 Å². The fourth-order valence-electron chi connectivity index (χ4n) is 3.16. The summed E-state index contributed by atoms with van der Waals surface area (Å²) < 4.78 is 0. The Hall–Kier alpha value is -1.57. The maximum absolute atomic E-state index is 4.39.